The second-order valence-electron chi connectivity index (χ2n) is 4.19. The Balaban J connectivity index is 2.90. The number of hydrogen-bond acceptors (Lipinski definition) is 2. The average molecular weight is 198 g/mol. The summed E-state index contributed by atoms with van der Waals surface area (Å²) in [6, 6.07) is -0.149. The number of carbonyl (C=O) groups is 2. The quantitative estimate of drug-likeness (QED) is 0.644. The summed E-state index contributed by atoms with van der Waals surface area (Å²) in [6.45, 7) is 8.53. The van der Waals surface area contributed by atoms with Crippen LogP contribution in [0.5, 0.6) is 0 Å². The summed E-state index contributed by atoms with van der Waals surface area (Å²) in [7, 11) is 0. The molecule has 1 rings (SSSR count). The first-order chi connectivity index (χ1) is 6.44. The van der Waals surface area contributed by atoms with Crippen LogP contribution < -0.4 is 0 Å². The van der Waals surface area contributed by atoms with Gasteiger partial charge >= 0.3 is 6.03 Å². The summed E-state index contributed by atoms with van der Waals surface area (Å²) in [5, 5.41) is 0. The fourth-order valence-electron chi connectivity index (χ4n) is 1.55. The fourth-order valence-corrected chi connectivity index (χ4v) is 1.55. The van der Waals surface area contributed by atoms with E-state index in [0.29, 0.717) is 6.54 Å². The molecule has 1 aliphatic heterocycles. The van der Waals surface area contributed by atoms with E-state index in [0.717, 1.165) is 6.42 Å². The van der Waals surface area contributed by atoms with Gasteiger partial charge in [-0.05, 0) is 27.2 Å². The molecule has 0 spiro atoms. The van der Waals surface area contributed by atoms with Crippen molar-refractivity contribution < 1.29 is 9.59 Å². The molecule has 0 bridgehead atoms. The van der Waals surface area contributed by atoms with E-state index in [-0.39, 0.29) is 24.0 Å². The molecule has 80 valence electrons. The lowest BCUT2D eigenvalue weighted by molar-refractivity contribution is -0.128. The van der Waals surface area contributed by atoms with Crippen LogP contribution in [-0.4, -0.2) is 40.4 Å². The van der Waals surface area contributed by atoms with Crippen LogP contribution in [0.15, 0.2) is 0 Å². The van der Waals surface area contributed by atoms with E-state index >= 15 is 0 Å². The van der Waals surface area contributed by atoms with E-state index in [2.05, 4.69) is 0 Å². The summed E-state index contributed by atoms with van der Waals surface area (Å²) in [6.07, 6.45) is 0.780. The molecule has 0 aromatic rings. The van der Waals surface area contributed by atoms with Gasteiger partial charge in [0, 0.05) is 12.1 Å². The van der Waals surface area contributed by atoms with E-state index in [1.165, 1.54) is 4.90 Å². The molecule has 3 amide bonds. The molecule has 4 heteroatoms. The second kappa shape index (κ2) is 3.59. The first-order valence-electron chi connectivity index (χ1n) is 5.06. The van der Waals surface area contributed by atoms with E-state index in [9.17, 15) is 9.59 Å². The van der Waals surface area contributed by atoms with E-state index < -0.39 is 0 Å². The molecule has 4 nitrogen and oxygen atoms in total. The van der Waals surface area contributed by atoms with Crippen molar-refractivity contribution in [1.29, 1.82) is 0 Å². The summed E-state index contributed by atoms with van der Waals surface area (Å²) in [5.41, 5.74) is -0.363. The maximum atomic E-state index is 11.8. The highest BCUT2D eigenvalue weighted by Crippen LogP contribution is 2.24. The Bertz CT molecular complexity index is 261. The molecule has 14 heavy (non-hydrogen) atoms. The summed E-state index contributed by atoms with van der Waals surface area (Å²) in [5.74, 6) is -0.0799. The van der Waals surface area contributed by atoms with Crippen LogP contribution in [0.2, 0.25) is 0 Å². The summed E-state index contributed by atoms with van der Waals surface area (Å²) >= 11 is 0. The number of likely N-dealkylation sites (N-methyl/N-ethyl adjacent to an activating group) is 1. The lowest BCUT2D eigenvalue weighted by atomic mass is 10.00. The third kappa shape index (κ3) is 1.61. The zero-order chi connectivity index (χ0) is 10.9. The van der Waals surface area contributed by atoms with Gasteiger partial charge in [0.2, 0.25) is 0 Å². The molecule has 0 N–H and O–H groups in total. The number of hydrogen-bond donors (Lipinski definition) is 0. The standard InChI is InChI=1S/C10H18N2O2/c1-5-10(3,4)12-8(13)7-11(6-2)9(12)14/h5-7H2,1-4H3. The normalized spacial score (nSPS) is 18.3. The van der Waals surface area contributed by atoms with Gasteiger partial charge in [-0.25, -0.2) is 4.79 Å². The van der Waals surface area contributed by atoms with E-state index in [4.69, 9.17) is 0 Å². The molecule has 0 aromatic carbocycles. The monoisotopic (exact) mass is 198 g/mol. The molecule has 1 saturated heterocycles. The maximum absolute atomic E-state index is 11.8. The minimum absolute atomic E-state index is 0.0799. The third-order valence-corrected chi connectivity index (χ3v) is 2.89. The topological polar surface area (TPSA) is 40.6 Å². The zero-order valence-electron chi connectivity index (χ0n) is 9.33. The predicted octanol–water partition coefficient (Wildman–Crippen LogP) is 1.46. The van der Waals surface area contributed by atoms with Crippen molar-refractivity contribution in [2.24, 2.45) is 0 Å². The van der Waals surface area contributed by atoms with Crippen LogP contribution in [0.25, 0.3) is 0 Å². The minimum Gasteiger partial charge on any atom is -0.315 e. The number of urea groups is 1. The van der Waals surface area contributed by atoms with Crippen LogP contribution in [0.4, 0.5) is 4.79 Å². The Morgan fingerprint density at radius 1 is 1.29 bits per heavy atom. The number of carbonyl (C=O) groups excluding carboxylic acids is 2. The molecule has 1 heterocycles. The smallest absolute Gasteiger partial charge is 0.315 e. The van der Waals surface area contributed by atoms with Gasteiger partial charge in [0.1, 0.15) is 6.54 Å². The molecular formula is C10H18N2O2. The molecule has 0 radical (unpaired) electrons. The highest BCUT2D eigenvalue weighted by molar-refractivity contribution is 6.02. The molecule has 0 unspecified atom stereocenters. The largest absolute Gasteiger partial charge is 0.327 e. The Morgan fingerprint density at radius 2 is 1.86 bits per heavy atom. The van der Waals surface area contributed by atoms with Crippen LogP contribution >= 0.6 is 0 Å². The number of imide groups is 1. The Kier molecular flexibility index (Phi) is 2.83. The van der Waals surface area contributed by atoms with Crippen molar-refractivity contribution in [3.05, 3.63) is 0 Å². The highest BCUT2D eigenvalue weighted by atomic mass is 16.2. The van der Waals surface area contributed by atoms with Crippen LogP contribution in [0.3, 0.4) is 0 Å². The molecule has 0 aromatic heterocycles. The molecule has 0 saturated carbocycles. The van der Waals surface area contributed by atoms with Crippen LogP contribution in [0.1, 0.15) is 34.1 Å². The van der Waals surface area contributed by atoms with Gasteiger partial charge in [-0.1, -0.05) is 6.92 Å². The third-order valence-electron chi connectivity index (χ3n) is 2.89. The second-order valence-corrected chi connectivity index (χ2v) is 4.19. The Hall–Kier alpha value is -1.06. The van der Waals surface area contributed by atoms with Crippen molar-refractivity contribution >= 4 is 11.9 Å². The average Bonchev–Trinajstić information content (AvgIpc) is 2.41. The fraction of sp³-hybridized carbons (Fsp3) is 0.800. The van der Waals surface area contributed by atoms with Gasteiger partial charge in [0.05, 0.1) is 0 Å². The Morgan fingerprint density at radius 3 is 2.21 bits per heavy atom. The zero-order valence-corrected chi connectivity index (χ0v) is 9.33. The molecular weight excluding hydrogens is 180 g/mol. The van der Waals surface area contributed by atoms with Crippen molar-refractivity contribution in [2.75, 3.05) is 13.1 Å². The molecule has 0 aliphatic carbocycles. The van der Waals surface area contributed by atoms with Gasteiger partial charge in [-0.3, -0.25) is 9.69 Å². The predicted molar refractivity (Wildman–Crippen MR) is 53.9 cm³/mol. The van der Waals surface area contributed by atoms with Gasteiger partial charge in [-0.2, -0.15) is 0 Å². The molecule has 1 fully saturated rings. The first kappa shape index (κ1) is 11.0. The maximum Gasteiger partial charge on any atom is 0.327 e. The van der Waals surface area contributed by atoms with Gasteiger partial charge < -0.3 is 4.90 Å². The van der Waals surface area contributed by atoms with Gasteiger partial charge in [-0.15, -0.1) is 0 Å². The van der Waals surface area contributed by atoms with Gasteiger partial charge in [0.25, 0.3) is 5.91 Å². The first-order valence-corrected chi connectivity index (χ1v) is 5.06. The highest BCUT2D eigenvalue weighted by Gasteiger charge is 2.42. The van der Waals surface area contributed by atoms with Crippen molar-refractivity contribution in [3.8, 4) is 0 Å². The van der Waals surface area contributed by atoms with Gasteiger partial charge in [0.15, 0.2) is 0 Å². The SMILES string of the molecule is CCN1CC(=O)N(C(C)(C)CC)C1=O. The summed E-state index contributed by atoms with van der Waals surface area (Å²) in [4.78, 5) is 26.4. The summed E-state index contributed by atoms with van der Waals surface area (Å²) < 4.78 is 0. The van der Waals surface area contributed by atoms with Crippen molar-refractivity contribution in [2.45, 2.75) is 39.7 Å². The van der Waals surface area contributed by atoms with Crippen molar-refractivity contribution in [3.63, 3.8) is 0 Å². The van der Waals surface area contributed by atoms with Crippen LogP contribution in [-0.2, 0) is 4.79 Å². The minimum atomic E-state index is -0.363. The number of nitrogens with zero attached hydrogens (tertiary/aromatic N) is 2. The van der Waals surface area contributed by atoms with E-state index in [1.807, 2.05) is 27.7 Å². The van der Waals surface area contributed by atoms with Crippen molar-refractivity contribution in [1.82, 2.24) is 9.80 Å². The number of rotatable bonds is 3. The lowest BCUT2D eigenvalue weighted by Gasteiger charge is -2.32. The van der Waals surface area contributed by atoms with E-state index in [1.54, 1.807) is 4.90 Å². The Labute approximate surface area is 84.9 Å². The lowest BCUT2D eigenvalue weighted by Crippen LogP contribution is -2.48. The molecule has 0 atom stereocenters. The molecule has 1 aliphatic rings. The van der Waals surface area contributed by atoms with Crippen LogP contribution in [0, 0.1) is 0 Å². The number of amides is 3.